The Morgan fingerprint density at radius 1 is 1.40 bits per heavy atom. The van der Waals surface area contributed by atoms with Crippen LogP contribution >= 0.6 is 0 Å². The zero-order valence-electron chi connectivity index (χ0n) is 12.1. The summed E-state index contributed by atoms with van der Waals surface area (Å²) < 4.78 is 40.4. The second-order valence-electron chi connectivity index (χ2n) is 5.55. The first-order valence-corrected chi connectivity index (χ1v) is 8.25. The summed E-state index contributed by atoms with van der Waals surface area (Å²) in [4.78, 5) is 0.171. The van der Waals surface area contributed by atoms with Crippen molar-refractivity contribution >= 4 is 10.0 Å². The number of hydrogen-bond donors (Lipinski definition) is 1. The van der Waals surface area contributed by atoms with E-state index in [1.54, 1.807) is 7.05 Å². The minimum Gasteiger partial charge on any atom is -0.316 e. The first-order chi connectivity index (χ1) is 9.36. The average molecular weight is 300 g/mol. The molecule has 112 valence electrons. The summed E-state index contributed by atoms with van der Waals surface area (Å²) in [7, 11) is -1.84. The molecule has 1 aromatic rings. The SMILES string of the molecule is CNCc1cc(S(=O)(=O)N2CC(C)CC2C)ccc1F. The lowest BCUT2D eigenvalue weighted by Gasteiger charge is -2.21. The summed E-state index contributed by atoms with van der Waals surface area (Å²) in [5.74, 6) is -0.0295. The highest BCUT2D eigenvalue weighted by molar-refractivity contribution is 7.89. The van der Waals surface area contributed by atoms with Crippen LogP contribution in [0.5, 0.6) is 0 Å². The van der Waals surface area contributed by atoms with Gasteiger partial charge in [0.2, 0.25) is 10.0 Å². The molecule has 0 aromatic heterocycles. The topological polar surface area (TPSA) is 49.4 Å². The Morgan fingerprint density at radius 2 is 2.10 bits per heavy atom. The molecule has 0 bridgehead atoms. The Hall–Kier alpha value is -0.980. The summed E-state index contributed by atoms with van der Waals surface area (Å²) in [5.41, 5.74) is 0.369. The van der Waals surface area contributed by atoms with Gasteiger partial charge in [-0.25, -0.2) is 12.8 Å². The molecule has 1 aromatic carbocycles. The molecule has 0 radical (unpaired) electrons. The lowest BCUT2D eigenvalue weighted by Crippen LogP contribution is -2.34. The fourth-order valence-electron chi connectivity index (χ4n) is 2.77. The number of nitrogens with one attached hydrogen (secondary N) is 1. The molecule has 1 aliphatic heterocycles. The van der Waals surface area contributed by atoms with E-state index in [0.29, 0.717) is 24.6 Å². The average Bonchev–Trinajstić information content (AvgIpc) is 2.72. The summed E-state index contributed by atoms with van der Waals surface area (Å²) in [6.07, 6.45) is 0.865. The van der Waals surface area contributed by atoms with Gasteiger partial charge in [-0.05, 0) is 44.5 Å². The Kier molecular flexibility index (Phi) is 4.46. The second kappa shape index (κ2) is 5.79. The molecule has 1 saturated heterocycles. The monoisotopic (exact) mass is 300 g/mol. The minimum absolute atomic E-state index is 0.00666. The number of rotatable bonds is 4. The molecule has 0 amide bonds. The smallest absolute Gasteiger partial charge is 0.243 e. The predicted octanol–water partition coefficient (Wildman–Crippen LogP) is 1.96. The fraction of sp³-hybridized carbons (Fsp3) is 0.571. The molecule has 1 aliphatic rings. The van der Waals surface area contributed by atoms with Crippen molar-refractivity contribution in [3.05, 3.63) is 29.6 Å². The largest absolute Gasteiger partial charge is 0.316 e. The Balaban J connectivity index is 2.37. The number of benzene rings is 1. The number of sulfonamides is 1. The van der Waals surface area contributed by atoms with E-state index in [2.05, 4.69) is 5.32 Å². The molecular formula is C14H21FN2O2S. The van der Waals surface area contributed by atoms with Crippen molar-refractivity contribution in [2.45, 2.75) is 37.8 Å². The number of nitrogens with zero attached hydrogens (tertiary/aromatic N) is 1. The molecule has 1 fully saturated rings. The van der Waals surface area contributed by atoms with Crippen LogP contribution in [0.2, 0.25) is 0 Å². The zero-order valence-corrected chi connectivity index (χ0v) is 12.9. The molecule has 0 aliphatic carbocycles. The summed E-state index contributed by atoms with van der Waals surface area (Å²) in [5, 5.41) is 2.84. The van der Waals surface area contributed by atoms with Crippen LogP contribution in [0, 0.1) is 11.7 Å². The van der Waals surface area contributed by atoms with Crippen molar-refractivity contribution in [1.82, 2.24) is 9.62 Å². The van der Waals surface area contributed by atoms with Crippen molar-refractivity contribution in [1.29, 1.82) is 0 Å². The van der Waals surface area contributed by atoms with Gasteiger partial charge in [0.15, 0.2) is 0 Å². The van der Waals surface area contributed by atoms with Gasteiger partial charge in [0.25, 0.3) is 0 Å². The van der Waals surface area contributed by atoms with E-state index in [1.807, 2.05) is 13.8 Å². The van der Waals surface area contributed by atoms with Crippen LogP contribution in [0.3, 0.4) is 0 Å². The van der Waals surface area contributed by atoms with E-state index in [0.717, 1.165) is 6.42 Å². The lowest BCUT2D eigenvalue weighted by molar-refractivity contribution is 0.405. The van der Waals surface area contributed by atoms with Crippen LogP contribution in [0.1, 0.15) is 25.8 Å². The van der Waals surface area contributed by atoms with E-state index in [-0.39, 0.29) is 16.8 Å². The predicted molar refractivity (Wildman–Crippen MR) is 76.3 cm³/mol. The van der Waals surface area contributed by atoms with Crippen LogP contribution in [0.4, 0.5) is 4.39 Å². The summed E-state index contributed by atoms with van der Waals surface area (Å²) >= 11 is 0. The van der Waals surface area contributed by atoms with Gasteiger partial charge in [0.05, 0.1) is 4.90 Å². The van der Waals surface area contributed by atoms with Crippen molar-refractivity contribution in [2.24, 2.45) is 5.92 Å². The Morgan fingerprint density at radius 3 is 2.65 bits per heavy atom. The van der Waals surface area contributed by atoms with Crippen LogP contribution in [-0.2, 0) is 16.6 Å². The third kappa shape index (κ3) is 2.87. The van der Waals surface area contributed by atoms with E-state index in [4.69, 9.17) is 0 Å². The first kappa shape index (κ1) is 15.4. The van der Waals surface area contributed by atoms with Crippen LogP contribution in [0.25, 0.3) is 0 Å². The van der Waals surface area contributed by atoms with Crippen molar-refractivity contribution in [3.8, 4) is 0 Å². The van der Waals surface area contributed by atoms with Gasteiger partial charge in [0, 0.05) is 24.7 Å². The minimum atomic E-state index is -3.54. The van der Waals surface area contributed by atoms with Gasteiger partial charge < -0.3 is 5.32 Å². The molecule has 1 heterocycles. The van der Waals surface area contributed by atoms with Gasteiger partial charge in [-0.15, -0.1) is 0 Å². The van der Waals surface area contributed by atoms with Gasteiger partial charge in [-0.1, -0.05) is 6.92 Å². The van der Waals surface area contributed by atoms with E-state index in [9.17, 15) is 12.8 Å². The molecule has 2 atom stereocenters. The molecule has 2 unspecified atom stereocenters. The van der Waals surface area contributed by atoms with Gasteiger partial charge in [-0.3, -0.25) is 0 Å². The molecule has 1 N–H and O–H groups in total. The molecule has 0 saturated carbocycles. The fourth-order valence-corrected chi connectivity index (χ4v) is 4.58. The maximum absolute atomic E-state index is 13.6. The van der Waals surface area contributed by atoms with Crippen LogP contribution in [0.15, 0.2) is 23.1 Å². The summed E-state index contributed by atoms with van der Waals surface area (Å²) in [6.45, 7) is 4.80. The van der Waals surface area contributed by atoms with E-state index in [1.165, 1.54) is 22.5 Å². The highest BCUT2D eigenvalue weighted by Gasteiger charge is 2.36. The van der Waals surface area contributed by atoms with Gasteiger partial charge >= 0.3 is 0 Å². The highest BCUT2D eigenvalue weighted by atomic mass is 32.2. The highest BCUT2D eigenvalue weighted by Crippen LogP contribution is 2.29. The van der Waals surface area contributed by atoms with E-state index < -0.39 is 10.0 Å². The standard InChI is InChI=1S/C14H21FN2O2S/c1-10-6-11(2)17(9-10)20(18,19)13-4-5-14(15)12(7-13)8-16-3/h4-5,7,10-11,16H,6,8-9H2,1-3H3. The molecular weight excluding hydrogens is 279 g/mol. The van der Waals surface area contributed by atoms with Gasteiger partial charge in [0.1, 0.15) is 5.82 Å². The Bertz CT molecular complexity index is 589. The maximum atomic E-state index is 13.6. The Labute approximate surface area is 120 Å². The van der Waals surface area contributed by atoms with Crippen LogP contribution < -0.4 is 5.32 Å². The third-order valence-electron chi connectivity index (χ3n) is 3.72. The van der Waals surface area contributed by atoms with Gasteiger partial charge in [-0.2, -0.15) is 4.31 Å². The maximum Gasteiger partial charge on any atom is 0.243 e. The van der Waals surface area contributed by atoms with Crippen molar-refractivity contribution in [3.63, 3.8) is 0 Å². The number of halogens is 1. The van der Waals surface area contributed by atoms with Crippen molar-refractivity contribution < 1.29 is 12.8 Å². The van der Waals surface area contributed by atoms with E-state index >= 15 is 0 Å². The molecule has 4 nitrogen and oxygen atoms in total. The summed E-state index contributed by atoms with van der Waals surface area (Å²) in [6, 6.07) is 3.99. The molecule has 0 spiro atoms. The quantitative estimate of drug-likeness (QED) is 0.925. The lowest BCUT2D eigenvalue weighted by atomic mass is 10.1. The zero-order chi connectivity index (χ0) is 14.9. The molecule has 20 heavy (non-hydrogen) atoms. The molecule has 2 rings (SSSR count). The second-order valence-corrected chi connectivity index (χ2v) is 7.44. The van der Waals surface area contributed by atoms with Crippen LogP contribution in [-0.4, -0.2) is 32.4 Å². The molecule has 6 heteroatoms. The number of hydrogen-bond acceptors (Lipinski definition) is 3. The van der Waals surface area contributed by atoms with Crippen molar-refractivity contribution in [2.75, 3.05) is 13.6 Å². The third-order valence-corrected chi connectivity index (χ3v) is 5.69. The normalized spacial score (nSPS) is 24.2. The first-order valence-electron chi connectivity index (χ1n) is 6.81.